The normalized spacial score (nSPS) is 20.2. The van der Waals surface area contributed by atoms with E-state index in [1.54, 1.807) is 19.9 Å². The Morgan fingerprint density at radius 2 is 2.03 bits per heavy atom. The molecule has 0 radical (unpaired) electrons. The number of hydrogen-bond acceptors (Lipinski definition) is 5. The molecule has 156 valence electrons. The van der Waals surface area contributed by atoms with E-state index < -0.39 is 28.7 Å². The maximum Gasteiger partial charge on any atom is 0.417 e. The number of carbonyl (C=O) groups is 1. The van der Waals surface area contributed by atoms with Gasteiger partial charge in [-0.25, -0.2) is 5.84 Å². The molecule has 1 aliphatic rings. The Kier molecular flexibility index (Phi) is 5.50. The average Bonchev–Trinajstić information content (AvgIpc) is 3.18. The van der Waals surface area contributed by atoms with Gasteiger partial charge in [-0.05, 0) is 26.0 Å². The molecule has 1 amide bonds. The van der Waals surface area contributed by atoms with Crippen LogP contribution in [0.15, 0.2) is 41.9 Å². The number of aromatic nitrogens is 2. The predicted octanol–water partition coefficient (Wildman–Crippen LogP) is 3.26. The lowest BCUT2D eigenvalue weighted by atomic mass is 9.96. The van der Waals surface area contributed by atoms with Crippen LogP contribution in [0.5, 0.6) is 0 Å². The van der Waals surface area contributed by atoms with Gasteiger partial charge in [-0.15, -0.1) is 0 Å². The zero-order valence-corrected chi connectivity index (χ0v) is 16.4. The first-order valence-electron chi connectivity index (χ1n) is 8.75. The van der Waals surface area contributed by atoms with Crippen LogP contribution in [-0.2, 0) is 6.18 Å². The Bertz CT molecular complexity index is 944. The number of benzene rings is 1. The van der Waals surface area contributed by atoms with Gasteiger partial charge in [0.1, 0.15) is 5.82 Å². The summed E-state index contributed by atoms with van der Waals surface area (Å²) in [6, 6.07) is 3.93. The number of carbonyl (C=O) groups excluding carboxylic acids is 1. The summed E-state index contributed by atoms with van der Waals surface area (Å²) in [7, 11) is 0. The van der Waals surface area contributed by atoms with Gasteiger partial charge < -0.3 is 10.6 Å². The SMILES string of the molecule is CC1CC(N(N)c2ccn[nH]2)=C(N)C(C)N1C(=O)c1cccc(C(F)(F)F)c1Cl. The van der Waals surface area contributed by atoms with Gasteiger partial charge in [0.25, 0.3) is 5.91 Å². The number of hydrogen-bond donors (Lipinski definition) is 3. The number of nitrogens with two attached hydrogens (primary N) is 2. The molecule has 1 aromatic carbocycles. The first-order chi connectivity index (χ1) is 13.5. The number of nitrogens with zero attached hydrogens (tertiary/aromatic N) is 3. The zero-order valence-electron chi connectivity index (χ0n) is 15.7. The first-order valence-corrected chi connectivity index (χ1v) is 9.13. The van der Waals surface area contributed by atoms with Gasteiger partial charge in [0, 0.05) is 18.5 Å². The lowest BCUT2D eigenvalue weighted by molar-refractivity contribution is -0.137. The van der Waals surface area contributed by atoms with Crippen molar-refractivity contribution in [3.05, 3.63) is 58.0 Å². The molecule has 1 aromatic heterocycles. The second-order valence-electron chi connectivity index (χ2n) is 6.82. The Labute approximate surface area is 170 Å². The van der Waals surface area contributed by atoms with E-state index in [4.69, 9.17) is 23.2 Å². The van der Waals surface area contributed by atoms with Crippen molar-refractivity contribution in [2.45, 2.75) is 38.5 Å². The minimum absolute atomic E-state index is 0.227. The van der Waals surface area contributed by atoms with E-state index in [0.717, 1.165) is 12.1 Å². The van der Waals surface area contributed by atoms with Gasteiger partial charge in [-0.1, -0.05) is 17.7 Å². The van der Waals surface area contributed by atoms with Crippen molar-refractivity contribution in [3.63, 3.8) is 0 Å². The third kappa shape index (κ3) is 3.77. The van der Waals surface area contributed by atoms with Gasteiger partial charge in [0.15, 0.2) is 0 Å². The van der Waals surface area contributed by atoms with Crippen molar-refractivity contribution in [2.75, 3.05) is 5.01 Å². The molecule has 3 rings (SSSR count). The number of halogens is 4. The van der Waals surface area contributed by atoms with Gasteiger partial charge >= 0.3 is 6.18 Å². The van der Waals surface area contributed by atoms with Crippen molar-refractivity contribution >= 4 is 23.3 Å². The van der Waals surface area contributed by atoms with Gasteiger partial charge in [0.05, 0.1) is 39.8 Å². The van der Waals surface area contributed by atoms with Crippen LogP contribution in [0.3, 0.4) is 0 Å². The summed E-state index contributed by atoms with van der Waals surface area (Å²) >= 11 is 5.94. The Hall–Kier alpha value is -2.72. The van der Waals surface area contributed by atoms with Crippen LogP contribution in [0.25, 0.3) is 0 Å². The smallest absolute Gasteiger partial charge is 0.399 e. The molecule has 0 saturated heterocycles. The van der Waals surface area contributed by atoms with Crippen molar-refractivity contribution in [1.82, 2.24) is 15.1 Å². The van der Waals surface area contributed by atoms with Crippen molar-refractivity contribution in [2.24, 2.45) is 11.6 Å². The summed E-state index contributed by atoms with van der Waals surface area (Å²) in [5.41, 5.74) is 5.89. The zero-order chi connectivity index (χ0) is 21.5. The van der Waals surface area contributed by atoms with Crippen molar-refractivity contribution in [1.29, 1.82) is 0 Å². The van der Waals surface area contributed by atoms with Crippen molar-refractivity contribution in [3.8, 4) is 0 Å². The summed E-state index contributed by atoms with van der Waals surface area (Å²) in [5, 5.41) is 7.30. The van der Waals surface area contributed by atoms with Crippen molar-refractivity contribution < 1.29 is 18.0 Å². The predicted molar refractivity (Wildman–Crippen MR) is 103 cm³/mol. The maximum atomic E-state index is 13.2. The number of nitrogens with one attached hydrogen (secondary N) is 1. The van der Waals surface area contributed by atoms with E-state index in [9.17, 15) is 18.0 Å². The average molecular weight is 429 g/mol. The van der Waals surface area contributed by atoms with Gasteiger partial charge in [0.2, 0.25) is 0 Å². The Morgan fingerprint density at radius 1 is 1.34 bits per heavy atom. The largest absolute Gasteiger partial charge is 0.417 e. The van der Waals surface area contributed by atoms with E-state index in [0.29, 0.717) is 23.6 Å². The number of H-pyrrole nitrogens is 1. The van der Waals surface area contributed by atoms with E-state index in [2.05, 4.69) is 10.2 Å². The molecule has 2 aromatic rings. The Balaban J connectivity index is 1.96. The van der Waals surface area contributed by atoms with Gasteiger partial charge in [-0.2, -0.15) is 18.3 Å². The lowest BCUT2D eigenvalue weighted by Gasteiger charge is -2.42. The molecule has 0 saturated carbocycles. The van der Waals surface area contributed by atoms with E-state index in [1.165, 1.54) is 22.2 Å². The monoisotopic (exact) mass is 428 g/mol. The molecule has 11 heteroatoms. The second-order valence-corrected chi connectivity index (χ2v) is 7.20. The number of alkyl halides is 3. The van der Waals surface area contributed by atoms with E-state index in [-0.39, 0.29) is 11.6 Å². The summed E-state index contributed by atoms with van der Waals surface area (Å²) in [5.74, 6) is 6.01. The molecule has 1 aliphatic heterocycles. The topological polar surface area (TPSA) is 104 Å². The van der Waals surface area contributed by atoms with Crippen LogP contribution in [0.4, 0.5) is 19.0 Å². The highest BCUT2D eigenvalue weighted by molar-refractivity contribution is 6.34. The summed E-state index contributed by atoms with van der Waals surface area (Å²) in [6.45, 7) is 3.45. The fraction of sp³-hybridized carbons (Fsp3) is 0.333. The summed E-state index contributed by atoms with van der Waals surface area (Å²) in [4.78, 5) is 14.5. The molecule has 2 unspecified atom stereocenters. The lowest BCUT2D eigenvalue weighted by Crippen LogP contribution is -2.53. The van der Waals surface area contributed by atoms with E-state index in [1.807, 2.05) is 0 Å². The molecular weight excluding hydrogens is 409 g/mol. The number of amides is 1. The molecule has 0 fully saturated rings. The van der Waals surface area contributed by atoms with Crippen LogP contribution in [0.2, 0.25) is 5.02 Å². The minimum Gasteiger partial charge on any atom is -0.399 e. The molecule has 0 bridgehead atoms. The van der Waals surface area contributed by atoms with Crippen LogP contribution in [-0.4, -0.2) is 33.1 Å². The molecule has 7 nitrogen and oxygen atoms in total. The standard InChI is InChI=1S/C18H20ClF3N6O/c1-9-8-13(28(24)14-6-7-25-26-14)16(23)10(2)27(9)17(29)11-4-3-5-12(15(11)19)18(20,21)22/h3-7,9-10H,8,23-24H2,1-2H3,(H,25,26). The fourth-order valence-corrected chi connectivity index (χ4v) is 3.78. The number of hydrazine groups is 1. The van der Waals surface area contributed by atoms with E-state index >= 15 is 0 Å². The minimum atomic E-state index is -4.66. The van der Waals surface area contributed by atoms with Crippen LogP contribution >= 0.6 is 11.6 Å². The number of aromatic amines is 1. The van der Waals surface area contributed by atoms with Crippen LogP contribution in [0, 0.1) is 0 Å². The fourth-order valence-electron chi connectivity index (χ4n) is 3.47. The third-order valence-corrected chi connectivity index (χ3v) is 5.38. The number of anilines is 1. The molecular formula is C18H20ClF3N6O. The van der Waals surface area contributed by atoms with Crippen LogP contribution in [0.1, 0.15) is 36.2 Å². The molecule has 0 aliphatic carbocycles. The highest BCUT2D eigenvalue weighted by Gasteiger charge is 2.39. The quantitative estimate of drug-likeness (QED) is 0.514. The molecule has 29 heavy (non-hydrogen) atoms. The van der Waals surface area contributed by atoms with Gasteiger partial charge in [-0.3, -0.25) is 14.9 Å². The second kappa shape index (κ2) is 7.60. The highest BCUT2D eigenvalue weighted by atomic mass is 35.5. The molecule has 5 N–H and O–H groups in total. The highest BCUT2D eigenvalue weighted by Crippen LogP contribution is 2.38. The molecule has 0 spiro atoms. The maximum absolute atomic E-state index is 13.2. The third-order valence-electron chi connectivity index (χ3n) is 4.97. The summed E-state index contributed by atoms with van der Waals surface area (Å²) < 4.78 is 39.5. The first kappa shape index (κ1) is 21.0. The molecule has 2 heterocycles. The Morgan fingerprint density at radius 3 is 2.62 bits per heavy atom. The summed E-state index contributed by atoms with van der Waals surface area (Å²) in [6.07, 6.45) is -2.83. The van der Waals surface area contributed by atoms with Crippen LogP contribution < -0.4 is 16.6 Å². The molecule has 2 atom stereocenters. The number of rotatable bonds is 3.